The van der Waals surface area contributed by atoms with Crippen LogP contribution in [0.3, 0.4) is 0 Å². The topological polar surface area (TPSA) is 60.2 Å². The van der Waals surface area contributed by atoms with Gasteiger partial charge in [0.05, 0.1) is 10.6 Å². The molecule has 4 heteroatoms. The lowest BCUT2D eigenvalue weighted by molar-refractivity contribution is 0.583. The minimum absolute atomic E-state index is 0.290. The smallest absolute Gasteiger partial charge is 0.178 e. The van der Waals surface area contributed by atoms with E-state index in [9.17, 15) is 8.42 Å². The molecule has 1 atom stereocenters. The van der Waals surface area contributed by atoms with Crippen LogP contribution in [0.25, 0.3) is 0 Å². The Kier molecular flexibility index (Phi) is 3.54. The zero-order chi connectivity index (χ0) is 12.5. The zero-order valence-corrected chi connectivity index (χ0v) is 11.0. The molecule has 0 radical (unpaired) electrons. The van der Waals surface area contributed by atoms with Crippen molar-refractivity contribution in [2.24, 2.45) is 11.7 Å². The normalized spacial score (nSPS) is 19.6. The molecule has 0 saturated heterocycles. The first-order chi connectivity index (χ1) is 8.03. The van der Waals surface area contributed by atoms with Crippen LogP contribution in [0.2, 0.25) is 0 Å². The first-order valence-corrected chi connectivity index (χ1v) is 7.73. The van der Waals surface area contributed by atoms with Crippen LogP contribution in [0.15, 0.2) is 23.1 Å². The SMILES string of the molecule is CC(CN)Cc1ccc2c(c1)CCCS2(=O)=O. The average Bonchev–Trinajstić information content (AvgIpc) is 2.28. The van der Waals surface area contributed by atoms with Crippen molar-refractivity contribution >= 4 is 9.84 Å². The Morgan fingerprint density at radius 1 is 1.41 bits per heavy atom. The molecule has 0 aliphatic carbocycles. The van der Waals surface area contributed by atoms with Crippen molar-refractivity contribution in [1.82, 2.24) is 0 Å². The molecular weight excluding hydrogens is 234 g/mol. The van der Waals surface area contributed by atoms with E-state index in [-0.39, 0.29) is 0 Å². The lowest BCUT2D eigenvalue weighted by atomic mass is 9.98. The molecule has 1 heterocycles. The van der Waals surface area contributed by atoms with Crippen LogP contribution in [0, 0.1) is 5.92 Å². The van der Waals surface area contributed by atoms with Gasteiger partial charge in [0.2, 0.25) is 0 Å². The number of nitrogens with two attached hydrogens (primary N) is 1. The molecule has 2 N–H and O–H groups in total. The van der Waals surface area contributed by atoms with Gasteiger partial charge in [-0.3, -0.25) is 0 Å². The molecule has 1 aliphatic rings. The minimum atomic E-state index is -3.02. The highest BCUT2D eigenvalue weighted by Crippen LogP contribution is 2.26. The molecule has 0 aromatic heterocycles. The highest BCUT2D eigenvalue weighted by molar-refractivity contribution is 7.91. The highest BCUT2D eigenvalue weighted by Gasteiger charge is 2.23. The van der Waals surface area contributed by atoms with Crippen molar-refractivity contribution in [3.05, 3.63) is 29.3 Å². The van der Waals surface area contributed by atoms with E-state index in [0.29, 0.717) is 23.1 Å². The van der Waals surface area contributed by atoms with Crippen LogP contribution in [0.1, 0.15) is 24.5 Å². The predicted octanol–water partition coefficient (Wildman–Crippen LogP) is 1.54. The molecule has 94 valence electrons. The van der Waals surface area contributed by atoms with E-state index in [1.54, 1.807) is 6.07 Å². The van der Waals surface area contributed by atoms with Gasteiger partial charge in [0, 0.05) is 0 Å². The van der Waals surface area contributed by atoms with Crippen LogP contribution < -0.4 is 5.73 Å². The number of sulfone groups is 1. The molecule has 1 aromatic rings. The average molecular weight is 253 g/mol. The summed E-state index contributed by atoms with van der Waals surface area (Å²) in [7, 11) is -3.02. The number of hydrogen-bond donors (Lipinski definition) is 1. The second-order valence-corrected chi connectivity index (χ2v) is 6.99. The van der Waals surface area contributed by atoms with Crippen LogP contribution in [0.4, 0.5) is 0 Å². The van der Waals surface area contributed by atoms with Crippen molar-refractivity contribution in [1.29, 1.82) is 0 Å². The second-order valence-electron chi connectivity index (χ2n) is 4.91. The maximum absolute atomic E-state index is 11.8. The quantitative estimate of drug-likeness (QED) is 0.889. The van der Waals surface area contributed by atoms with Crippen LogP contribution in [-0.2, 0) is 22.7 Å². The summed E-state index contributed by atoms with van der Waals surface area (Å²) in [5.41, 5.74) is 7.78. The Morgan fingerprint density at radius 3 is 2.88 bits per heavy atom. The predicted molar refractivity (Wildman–Crippen MR) is 68.7 cm³/mol. The lowest BCUT2D eigenvalue weighted by Gasteiger charge is -2.18. The molecule has 0 saturated carbocycles. The minimum Gasteiger partial charge on any atom is -0.330 e. The largest absolute Gasteiger partial charge is 0.330 e. The molecule has 0 amide bonds. The highest BCUT2D eigenvalue weighted by atomic mass is 32.2. The van der Waals surface area contributed by atoms with Gasteiger partial charge in [-0.2, -0.15) is 0 Å². The Labute approximate surface area is 103 Å². The summed E-state index contributed by atoms with van der Waals surface area (Å²) in [5, 5.41) is 0. The summed E-state index contributed by atoms with van der Waals surface area (Å²) in [6.07, 6.45) is 2.54. The first-order valence-electron chi connectivity index (χ1n) is 6.07. The van der Waals surface area contributed by atoms with Crippen LogP contribution >= 0.6 is 0 Å². The molecule has 17 heavy (non-hydrogen) atoms. The first kappa shape index (κ1) is 12.6. The summed E-state index contributed by atoms with van der Waals surface area (Å²) < 4.78 is 23.7. The molecule has 2 rings (SSSR count). The fourth-order valence-electron chi connectivity index (χ4n) is 2.31. The molecular formula is C13H19NO2S. The van der Waals surface area contributed by atoms with Crippen molar-refractivity contribution in [2.75, 3.05) is 12.3 Å². The van der Waals surface area contributed by atoms with E-state index in [1.165, 1.54) is 5.56 Å². The van der Waals surface area contributed by atoms with Crippen molar-refractivity contribution < 1.29 is 8.42 Å². The van der Waals surface area contributed by atoms with Gasteiger partial charge >= 0.3 is 0 Å². The number of aryl methyl sites for hydroxylation is 1. The molecule has 0 bridgehead atoms. The van der Waals surface area contributed by atoms with Crippen molar-refractivity contribution in [3.8, 4) is 0 Å². The fraction of sp³-hybridized carbons (Fsp3) is 0.538. The summed E-state index contributed by atoms with van der Waals surface area (Å²) in [6, 6.07) is 5.73. The van der Waals surface area contributed by atoms with Crippen LogP contribution in [0.5, 0.6) is 0 Å². The van der Waals surface area contributed by atoms with E-state index >= 15 is 0 Å². The van der Waals surface area contributed by atoms with E-state index in [1.807, 2.05) is 12.1 Å². The van der Waals surface area contributed by atoms with E-state index in [4.69, 9.17) is 5.73 Å². The summed E-state index contributed by atoms with van der Waals surface area (Å²) >= 11 is 0. The Bertz CT molecular complexity index is 508. The summed E-state index contributed by atoms with van der Waals surface area (Å²) in [4.78, 5) is 0.535. The zero-order valence-electron chi connectivity index (χ0n) is 10.1. The molecule has 1 aromatic carbocycles. The van der Waals surface area contributed by atoms with Gasteiger partial charge < -0.3 is 5.73 Å². The van der Waals surface area contributed by atoms with E-state index in [0.717, 1.165) is 24.8 Å². The summed E-state index contributed by atoms with van der Waals surface area (Å²) in [5.74, 6) is 0.728. The van der Waals surface area contributed by atoms with E-state index < -0.39 is 9.84 Å². The molecule has 1 aliphatic heterocycles. The van der Waals surface area contributed by atoms with Crippen molar-refractivity contribution in [2.45, 2.75) is 31.1 Å². The van der Waals surface area contributed by atoms with Crippen LogP contribution in [-0.4, -0.2) is 20.7 Å². The Hall–Kier alpha value is -0.870. The third-order valence-electron chi connectivity index (χ3n) is 3.31. The number of benzene rings is 1. The van der Waals surface area contributed by atoms with Gasteiger partial charge in [-0.15, -0.1) is 0 Å². The van der Waals surface area contributed by atoms with E-state index in [2.05, 4.69) is 6.92 Å². The second kappa shape index (κ2) is 4.78. The number of fused-ring (bicyclic) bond motifs is 1. The number of rotatable bonds is 3. The molecule has 1 unspecified atom stereocenters. The lowest BCUT2D eigenvalue weighted by Crippen LogP contribution is -2.17. The third kappa shape index (κ3) is 2.69. The standard InChI is InChI=1S/C13H19NO2S/c1-10(9-14)7-11-4-5-13-12(8-11)3-2-6-17(13,15)16/h4-5,8,10H,2-3,6-7,9,14H2,1H3. The maximum Gasteiger partial charge on any atom is 0.178 e. The Balaban J connectivity index is 2.32. The molecule has 0 fully saturated rings. The summed E-state index contributed by atoms with van der Waals surface area (Å²) in [6.45, 7) is 2.77. The van der Waals surface area contributed by atoms with Gasteiger partial charge in [-0.1, -0.05) is 19.1 Å². The van der Waals surface area contributed by atoms with Gasteiger partial charge in [0.15, 0.2) is 9.84 Å². The van der Waals surface area contributed by atoms with Gasteiger partial charge in [-0.05, 0) is 48.9 Å². The van der Waals surface area contributed by atoms with Gasteiger partial charge in [0.1, 0.15) is 0 Å². The Morgan fingerprint density at radius 2 is 2.18 bits per heavy atom. The fourth-order valence-corrected chi connectivity index (χ4v) is 3.89. The monoisotopic (exact) mass is 253 g/mol. The number of hydrogen-bond acceptors (Lipinski definition) is 3. The third-order valence-corrected chi connectivity index (χ3v) is 5.20. The van der Waals surface area contributed by atoms with Gasteiger partial charge in [-0.25, -0.2) is 8.42 Å². The van der Waals surface area contributed by atoms with Gasteiger partial charge in [0.25, 0.3) is 0 Å². The maximum atomic E-state index is 11.8. The molecule has 0 spiro atoms. The molecule has 3 nitrogen and oxygen atoms in total. The van der Waals surface area contributed by atoms with Crippen molar-refractivity contribution in [3.63, 3.8) is 0 Å².